The molecule has 4 aromatic rings. The summed E-state index contributed by atoms with van der Waals surface area (Å²) in [4.78, 5) is 0. The van der Waals surface area contributed by atoms with E-state index >= 15 is 0 Å². The van der Waals surface area contributed by atoms with Gasteiger partial charge < -0.3 is 0 Å². The van der Waals surface area contributed by atoms with E-state index in [2.05, 4.69) is 67.6 Å². The molecule has 0 unspecified atom stereocenters. The van der Waals surface area contributed by atoms with E-state index in [1.807, 2.05) is 0 Å². The van der Waals surface area contributed by atoms with Crippen molar-refractivity contribution in [2.45, 2.75) is 26.2 Å². The Morgan fingerprint density at radius 2 is 1.58 bits per heavy atom. The Kier molecular flexibility index (Phi) is 5.60. The van der Waals surface area contributed by atoms with Crippen LogP contribution in [0.3, 0.4) is 0 Å². The van der Waals surface area contributed by atoms with Crippen molar-refractivity contribution in [3.8, 4) is 11.1 Å². The van der Waals surface area contributed by atoms with E-state index in [1.165, 1.54) is 62.2 Å². The topological polar surface area (TPSA) is 0 Å². The molecule has 0 atom stereocenters. The zero-order valence-corrected chi connectivity index (χ0v) is 18.6. The first-order chi connectivity index (χ1) is 12.8. The molecule has 0 nitrogen and oxygen atoms in total. The molecule has 0 fully saturated rings. The summed E-state index contributed by atoms with van der Waals surface area (Å²) in [5.74, 6) is 0. The van der Waals surface area contributed by atoms with Crippen LogP contribution >= 0.6 is 17.0 Å². The quantitative estimate of drug-likeness (QED) is 0.275. The summed E-state index contributed by atoms with van der Waals surface area (Å²) in [6.07, 6.45) is 3.48. The SMILES string of the molecule is CCc1cc2c(-c3ccc4c5c(cccc35)CC4)cccc2[cH-]1.[Cl][Zr][Cl]. The van der Waals surface area contributed by atoms with Crippen LogP contribution in [0.4, 0.5) is 0 Å². The van der Waals surface area contributed by atoms with Gasteiger partial charge in [0.05, 0.1) is 0 Å². The summed E-state index contributed by atoms with van der Waals surface area (Å²) < 4.78 is 0. The Morgan fingerprint density at radius 1 is 0.885 bits per heavy atom. The average Bonchev–Trinajstić information content (AvgIpc) is 3.28. The molecule has 5 rings (SSSR count). The minimum absolute atomic E-state index is 0.826. The van der Waals surface area contributed by atoms with Crippen molar-refractivity contribution in [2.75, 3.05) is 0 Å². The Morgan fingerprint density at radius 3 is 2.35 bits per heavy atom. The third kappa shape index (κ3) is 3.20. The number of hydrogen-bond acceptors (Lipinski definition) is 0. The summed E-state index contributed by atoms with van der Waals surface area (Å²) in [5, 5.41) is 5.68. The van der Waals surface area contributed by atoms with Crippen LogP contribution in [-0.4, -0.2) is 0 Å². The van der Waals surface area contributed by atoms with E-state index in [0.29, 0.717) is 0 Å². The van der Waals surface area contributed by atoms with Crippen molar-refractivity contribution in [1.82, 2.24) is 0 Å². The normalized spacial score (nSPS) is 12.3. The van der Waals surface area contributed by atoms with Crippen LogP contribution in [0.5, 0.6) is 0 Å². The Hall–Kier alpha value is -1.01. The number of fused-ring (bicyclic) bond motifs is 1. The fourth-order valence-electron chi connectivity index (χ4n) is 4.22. The van der Waals surface area contributed by atoms with Crippen molar-refractivity contribution in [1.29, 1.82) is 0 Å². The molecule has 1 aliphatic rings. The summed E-state index contributed by atoms with van der Waals surface area (Å²) in [6.45, 7) is 2.23. The molecule has 26 heavy (non-hydrogen) atoms. The van der Waals surface area contributed by atoms with Gasteiger partial charge in [0.25, 0.3) is 0 Å². The molecule has 0 radical (unpaired) electrons. The average molecular weight is 458 g/mol. The summed E-state index contributed by atoms with van der Waals surface area (Å²) in [6, 6.07) is 22.9. The number of halogens is 2. The minimum atomic E-state index is -0.826. The summed E-state index contributed by atoms with van der Waals surface area (Å²) >= 11 is -0.826. The zero-order chi connectivity index (χ0) is 18.1. The molecule has 0 N–H and O–H groups in total. The molecule has 0 saturated heterocycles. The van der Waals surface area contributed by atoms with Gasteiger partial charge in [-0.15, -0.1) is 34.5 Å². The van der Waals surface area contributed by atoms with Crippen LogP contribution in [0.2, 0.25) is 0 Å². The van der Waals surface area contributed by atoms with E-state index in [4.69, 9.17) is 17.0 Å². The Bertz CT molecular complexity index is 1070. The molecule has 0 saturated carbocycles. The third-order valence-electron chi connectivity index (χ3n) is 5.39. The van der Waals surface area contributed by atoms with E-state index in [1.54, 1.807) is 0 Å². The first-order valence-electron chi connectivity index (χ1n) is 8.95. The maximum atomic E-state index is 4.93. The molecule has 4 aromatic carbocycles. The number of benzene rings is 3. The first kappa shape index (κ1) is 18.4. The molecule has 0 spiro atoms. The van der Waals surface area contributed by atoms with E-state index in [9.17, 15) is 0 Å². The van der Waals surface area contributed by atoms with Gasteiger partial charge in [0.15, 0.2) is 0 Å². The Labute approximate surface area is 173 Å². The van der Waals surface area contributed by atoms with Gasteiger partial charge in [-0.2, -0.15) is 6.07 Å². The van der Waals surface area contributed by atoms with Crippen molar-refractivity contribution >= 4 is 38.6 Å². The van der Waals surface area contributed by atoms with E-state index in [-0.39, 0.29) is 0 Å². The first-order valence-corrected chi connectivity index (χ1v) is 15.3. The number of hydrogen-bond donors (Lipinski definition) is 0. The van der Waals surface area contributed by atoms with Crippen molar-refractivity contribution in [2.24, 2.45) is 0 Å². The molecule has 0 aromatic heterocycles. The molecule has 1 aliphatic carbocycles. The second-order valence-electron chi connectivity index (χ2n) is 6.71. The summed E-state index contributed by atoms with van der Waals surface area (Å²) in [7, 11) is 9.87. The molecule has 0 heterocycles. The monoisotopic (exact) mass is 455 g/mol. The fraction of sp³-hybridized carbons (Fsp3) is 0.174. The summed E-state index contributed by atoms with van der Waals surface area (Å²) in [5.41, 5.74) is 7.22. The predicted molar refractivity (Wildman–Crippen MR) is 111 cm³/mol. The Balaban J connectivity index is 0.000000527. The van der Waals surface area contributed by atoms with Crippen LogP contribution in [0.15, 0.2) is 60.7 Å². The van der Waals surface area contributed by atoms with E-state index in [0.717, 1.165) is 6.42 Å². The van der Waals surface area contributed by atoms with Gasteiger partial charge >= 0.3 is 37.9 Å². The van der Waals surface area contributed by atoms with Crippen molar-refractivity contribution < 1.29 is 20.8 Å². The van der Waals surface area contributed by atoms with Crippen LogP contribution in [0.25, 0.3) is 32.7 Å². The second kappa shape index (κ2) is 7.93. The molecule has 130 valence electrons. The van der Waals surface area contributed by atoms with Gasteiger partial charge in [0.2, 0.25) is 0 Å². The van der Waals surface area contributed by atoms with Gasteiger partial charge in [-0.05, 0) is 46.7 Å². The zero-order valence-electron chi connectivity index (χ0n) is 14.7. The van der Waals surface area contributed by atoms with Crippen LogP contribution in [-0.2, 0) is 40.1 Å². The molecular weight excluding hydrogens is 438 g/mol. The van der Waals surface area contributed by atoms with Crippen molar-refractivity contribution in [3.05, 3.63) is 77.4 Å². The molecule has 3 heteroatoms. The van der Waals surface area contributed by atoms with Crippen LogP contribution < -0.4 is 0 Å². The standard InChI is InChI=1S/C23H19.2ClH.Zr/c1-2-15-13-18-6-4-7-19(22(18)14-15)20-12-11-17-10-9-16-5-3-8-21(20)23(16)17;;;/h3-8,11-14H,2,9-10H2,1H3;2*1H;/q-1;;;+2/p-2. The molecule has 0 amide bonds. The van der Waals surface area contributed by atoms with Crippen LogP contribution in [0.1, 0.15) is 23.6 Å². The molecular formula is C23H19Cl2Zr-. The molecule has 0 bridgehead atoms. The molecule has 0 aliphatic heterocycles. The van der Waals surface area contributed by atoms with Gasteiger partial charge in [0, 0.05) is 0 Å². The van der Waals surface area contributed by atoms with Gasteiger partial charge in [-0.25, -0.2) is 0 Å². The number of rotatable bonds is 2. The number of aryl methyl sites for hydroxylation is 3. The maximum absolute atomic E-state index is 4.93. The fourth-order valence-corrected chi connectivity index (χ4v) is 4.22. The van der Waals surface area contributed by atoms with Gasteiger partial charge in [0.1, 0.15) is 0 Å². The van der Waals surface area contributed by atoms with Crippen molar-refractivity contribution in [3.63, 3.8) is 0 Å². The van der Waals surface area contributed by atoms with Gasteiger partial charge in [-0.3, -0.25) is 0 Å². The third-order valence-corrected chi connectivity index (χ3v) is 5.39. The van der Waals surface area contributed by atoms with E-state index < -0.39 is 20.8 Å². The van der Waals surface area contributed by atoms with Gasteiger partial charge in [-0.1, -0.05) is 48.9 Å². The van der Waals surface area contributed by atoms with Crippen LogP contribution in [0, 0.1) is 0 Å². The predicted octanol–water partition coefficient (Wildman–Crippen LogP) is 7.42. The second-order valence-corrected chi connectivity index (χ2v) is 10.4.